The van der Waals surface area contributed by atoms with E-state index in [0.29, 0.717) is 26.1 Å². The number of amides is 3. The summed E-state index contributed by atoms with van der Waals surface area (Å²) in [5.41, 5.74) is 0.968. The largest absolute Gasteiger partial charge is 0.360 e. The SMILES string of the molecule is O=C(NCCNc1nc2ccccc2s1)N[C@H]1CCCCNC1=O. The molecule has 2 heterocycles. The zero-order chi connectivity index (χ0) is 16.8. The molecule has 0 spiro atoms. The third kappa shape index (κ3) is 4.35. The van der Waals surface area contributed by atoms with Gasteiger partial charge in [-0.3, -0.25) is 4.79 Å². The zero-order valence-corrected chi connectivity index (χ0v) is 14.1. The molecule has 1 aromatic carbocycles. The standard InChI is InChI=1S/C16H21N5O2S/c22-14-12(6-3-4-8-17-14)20-15(23)18-9-10-19-16-21-11-5-1-2-7-13(11)24-16/h1-2,5,7,12H,3-4,6,8-10H2,(H,17,22)(H,19,21)(H2,18,20,23)/t12-/m0/s1. The number of benzene rings is 1. The number of fused-ring (bicyclic) bond motifs is 1. The van der Waals surface area contributed by atoms with Crippen molar-refractivity contribution in [2.24, 2.45) is 0 Å². The Morgan fingerprint density at radius 1 is 1.29 bits per heavy atom. The molecule has 1 fully saturated rings. The number of urea groups is 1. The van der Waals surface area contributed by atoms with Crippen LogP contribution in [0.5, 0.6) is 0 Å². The number of thiazole rings is 1. The third-order valence-electron chi connectivity index (χ3n) is 3.82. The number of carbonyl (C=O) groups is 2. The van der Waals surface area contributed by atoms with E-state index in [9.17, 15) is 9.59 Å². The van der Waals surface area contributed by atoms with Crippen molar-refractivity contribution in [1.82, 2.24) is 20.9 Å². The van der Waals surface area contributed by atoms with Gasteiger partial charge in [0.1, 0.15) is 6.04 Å². The fourth-order valence-corrected chi connectivity index (χ4v) is 3.47. The summed E-state index contributed by atoms with van der Waals surface area (Å²) in [5, 5.41) is 12.3. The minimum atomic E-state index is -0.440. The number of hydrogen-bond acceptors (Lipinski definition) is 5. The average Bonchev–Trinajstić information content (AvgIpc) is 2.89. The second-order valence-electron chi connectivity index (χ2n) is 5.65. The lowest BCUT2D eigenvalue weighted by molar-refractivity contribution is -0.122. The molecule has 24 heavy (non-hydrogen) atoms. The molecule has 3 rings (SSSR count). The van der Waals surface area contributed by atoms with Crippen LogP contribution in [0.3, 0.4) is 0 Å². The molecule has 2 aromatic rings. The highest BCUT2D eigenvalue weighted by Crippen LogP contribution is 2.24. The molecule has 8 heteroatoms. The fourth-order valence-electron chi connectivity index (χ4n) is 2.58. The number of rotatable bonds is 5. The van der Waals surface area contributed by atoms with Crippen LogP contribution in [0.25, 0.3) is 10.2 Å². The molecule has 1 aliphatic rings. The second kappa shape index (κ2) is 7.96. The number of hydrogen-bond donors (Lipinski definition) is 4. The van der Waals surface area contributed by atoms with E-state index in [1.54, 1.807) is 11.3 Å². The van der Waals surface area contributed by atoms with Gasteiger partial charge in [0, 0.05) is 19.6 Å². The topological polar surface area (TPSA) is 95.2 Å². The van der Waals surface area contributed by atoms with Crippen molar-refractivity contribution >= 4 is 38.6 Å². The second-order valence-corrected chi connectivity index (χ2v) is 6.68. The molecule has 1 atom stereocenters. The number of anilines is 1. The number of nitrogens with one attached hydrogen (secondary N) is 4. The lowest BCUT2D eigenvalue weighted by Gasteiger charge is -2.15. The molecule has 0 aliphatic carbocycles. The number of nitrogens with zero attached hydrogens (tertiary/aromatic N) is 1. The van der Waals surface area contributed by atoms with Crippen LogP contribution in [0.2, 0.25) is 0 Å². The van der Waals surface area contributed by atoms with Crippen molar-refractivity contribution in [1.29, 1.82) is 0 Å². The monoisotopic (exact) mass is 347 g/mol. The van der Waals surface area contributed by atoms with Crippen molar-refractivity contribution in [3.8, 4) is 0 Å². The lowest BCUT2D eigenvalue weighted by Crippen LogP contribution is -2.49. The third-order valence-corrected chi connectivity index (χ3v) is 4.82. The van der Waals surface area contributed by atoms with Crippen molar-refractivity contribution in [2.75, 3.05) is 25.0 Å². The summed E-state index contributed by atoms with van der Waals surface area (Å²) in [6, 6.07) is 7.19. The highest BCUT2D eigenvalue weighted by Gasteiger charge is 2.21. The fraction of sp³-hybridized carbons (Fsp3) is 0.438. The van der Waals surface area contributed by atoms with Crippen molar-refractivity contribution in [2.45, 2.75) is 25.3 Å². The Morgan fingerprint density at radius 2 is 2.17 bits per heavy atom. The first-order valence-electron chi connectivity index (χ1n) is 8.14. The van der Waals surface area contributed by atoms with Gasteiger partial charge in [0.15, 0.2) is 5.13 Å². The first kappa shape index (κ1) is 16.5. The highest BCUT2D eigenvalue weighted by molar-refractivity contribution is 7.22. The minimum absolute atomic E-state index is 0.102. The summed E-state index contributed by atoms with van der Waals surface area (Å²) in [7, 11) is 0. The van der Waals surface area contributed by atoms with E-state index in [1.807, 2.05) is 24.3 Å². The summed E-state index contributed by atoms with van der Waals surface area (Å²) >= 11 is 1.58. The number of aromatic nitrogens is 1. The van der Waals surface area contributed by atoms with Crippen LogP contribution in [-0.2, 0) is 4.79 Å². The lowest BCUT2D eigenvalue weighted by atomic mass is 10.1. The molecule has 7 nitrogen and oxygen atoms in total. The van der Waals surface area contributed by atoms with Crippen LogP contribution in [0.4, 0.5) is 9.93 Å². The Hall–Kier alpha value is -2.35. The van der Waals surface area contributed by atoms with E-state index in [1.165, 1.54) is 0 Å². The van der Waals surface area contributed by atoms with Crippen LogP contribution in [0, 0.1) is 0 Å². The molecule has 0 saturated carbocycles. The Kier molecular flexibility index (Phi) is 5.47. The van der Waals surface area contributed by atoms with Gasteiger partial charge in [-0.15, -0.1) is 0 Å². The van der Waals surface area contributed by atoms with Gasteiger partial charge in [-0.25, -0.2) is 9.78 Å². The summed E-state index contributed by atoms with van der Waals surface area (Å²) in [5.74, 6) is -0.102. The maximum Gasteiger partial charge on any atom is 0.315 e. The van der Waals surface area contributed by atoms with Crippen LogP contribution in [0.1, 0.15) is 19.3 Å². The molecule has 128 valence electrons. The van der Waals surface area contributed by atoms with Gasteiger partial charge in [0.05, 0.1) is 10.2 Å². The van der Waals surface area contributed by atoms with Crippen LogP contribution in [0.15, 0.2) is 24.3 Å². The predicted octanol–water partition coefficient (Wildman–Crippen LogP) is 1.68. The maximum atomic E-state index is 11.9. The molecule has 4 N–H and O–H groups in total. The van der Waals surface area contributed by atoms with Crippen molar-refractivity contribution in [3.63, 3.8) is 0 Å². The van der Waals surface area contributed by atoms with Crippen molar-refractivity contribution < 1.29 is 9.59 Å². The molecule has 0 unspecified atom stereocenters. The van der Waals surface area contributed by atoms with Gasteiger partial charge in [0.2, 0.25) is 5.91 Å². The van der Waals surface area contributed by atoms with E-state index in [-0.39, 0.29) is 11.9 Å². The van der Waals surface area contributed by atoms with E-state index >= 15 is 0 Å². The van der Waals surface area contributed by atoms with Crippen LogP contribution < -0.4 is 21.3 Å². The van der Waals surface area contributed by atoms with Gasteiger partial charge >= 0.3 is 6.03 Å². The molecular weight excluding hydrogens is 326 g/mol. The Balaban J connectivity index is 1.39. The van der Waals surface area contributed by atoms with Crippen LogP contribution >= 0.6 is 11.3 Å². The normalized spacial score (nSPS) is 17.8. The summed E-state index contributed by atoms with van der Waals surface area (Å²) in [6.07, 6.45) is 2.57. The first-order valence-corrected chi connectivity index (χ1v) is 8.95. The molecule has 0 bridgehead atoms. The van der Waals surface area contributed by atoms with Gasteiger partial charge < -0.3 is 21.3 Å². The van der Waals surface area contributed by atoms with Gasteiger partial charge in [-0.2, -0.15) is 0 Å². The molecule has 1 aliphatic heterocycles. The van der Waals surface area contributed by atoms with E-state index in [0.717, 1.165) is 28.2 Å². The van der Waals surface area contributed by atoms with Gasteiger partial charge in [-0.05, 0) is 31.4 Å². The minimum Gasteiger partial charge on any atom is -0.360 e. The highest BCUT2D eigenvalue weighted by atomic mass is 32.1. The molecule has 1 aromatic heterocycles. The molecule has 1 saturated heterocycles. The molecule has 0 radical (unpaired) electrons. The predicted molar refractivity (Wildman–Crippen MR) is 95.3 cm³/mol. The number of carbonyl (C=O) groups excluding carboxylic acids is 2. The quantitative estimate of drug-likeness (QED) is 0.619. The Labute approximate surface area is 144 Å². The average molecular weight is 347 g/mol. The summed E-state index contributed by atoms with van der Waals surface area (Å²) in [4.78, 5) is 28.1. The molecular formula is C16H21N5O2S. The van der Waals surface area contributed by atoms with Crippen LogP contribution in [-0.4, -0.2) is 42.6 Å². The Morgan fingerprint density at radius 3 is 3.04 bits per heavy atom. The molecule has 3 amide bonds. The first-order chi connectivity index (χ1) is 11.7. The Bertz CT molecular complexity index is 684. The summed E-state index contributed by atoms with van der Waals surface area (Å²) in [6.45, 7) is 1.71. The smallest absolute Gasteiger partial charge is 0.315 e. The van der Waals surface area contributed by atoms with E-state index < -0.39 is 6.04 Å². The van der Waals surface area contributed by atoms with E-state index in [2.05, 4.69) is 26.3 Å². The van der Waals surface area contributed by atoms with E-state index in [4.69, 9.17) is 0 Å². The maximum absolute atomic E-state index is 11.9. The van der Waals surface area contributed by atoms with Gasteiger partial charge in [-0.1, -0.05) is 23.5 Å². The summed E-state index contributed by atoms with van der Waals surface area (Å²) < 4.78 is 1.13. The van der Waals surface area contributed by atoms with Crippen molar-refractivity contribution in [3.05, 3.63) is 24.3 Å². The van der Waals surface area contributed by atoms with Gasteiger partial charge in [0.25, 0.3) is 0 Å². The zero-order valence-electron chi connectivity index (χ0n) is 13.3. The number of para-hydroxylation sites is 1.